The number of pyridine rings is 1. The van der Waals surface area contributed by atoms with Gasteiger partial charge in [-0.15, -0.1) is 0 Å². The van der Waals surface area contributed by atoms with Gasteiger partial charge in [0.05, 0.1) is 11.9 Å². The topological polar surface area (TPSA) is 114 Å². The van der Waals surface area contributed by atoms with Crippen LogP contribution in [0.1, 0.15) is 16.1 Å². The summed E-state index contributed by atoms with van der Waals surface area (Å²) in [5.74, 6) is -1.51. The molecular weight excluding hydrogens is 296 g/mol. The predicted octanol–water partition coefficient (Wildman–Crippen LogP) is 0.498. The van der Waals surface area contributed by atoms with Crippen LogP contribution in [0.2, 0.25) is 0 Å². The van der Waals surface area contributed by atoms with Gasteiger partial charge in [-0.25, -0.2) is 13.2 Å². The standard InChI is InChI=1S/C12H14N4O4S/c1-16-11(10(8-14-16)12(17)18)15-21(19,20)7-5-9-4-2-3-6-13-9/h2-4,6,8,15H,5,7H2,1H3,(H,17,18). The highest BCUT2D eigenvalue weighted by Crippen LogP contribution is 2.16. The van der Waals surface area contributed by atoms with Gasteiger partial charge in [-0.1, -0.05) is 6.07 Å². The molecule has 2 heterocycles. The highest BCUT2D eigenvalue weighted by Gasteiger charge is 2.20. The van der Waals surface area contributed by atoms with Crippen molar-refractivity contribution in [3.05, 3.63) is 41.9 Å². The number of sulfonamides is 1. The van der Waals surface area contributed by atoms with Gasteiger partial charge in [0.1, 0.15) is 5.56 Å². The van der Waals surface area contributed by atoms with Crippen molar-refractivity contribution < 1.29 is 18.3 Å². The molecule has 9 heteroatoms. The van der Waals surface area contributed by atoms with Crippen molar-refractivity contribution in [3.63, 3.8) is 0 Å². The summed E-state index contributed by atoms with van der Waals surface area (Å²) in [4.78, 5) is 15.0. The monoisotopic (exact) mass is 310 g/mol. The summed E-state index contributed by atoms with van der Waals surface area (Å²) in [5, 5.41) is 12.7. The Morgan fingerprint density at radius 1 is 1.43 bits per heavy atom. The van der Waals surface area contributed by atoms with Gasteiger partial charge in [-0.05, 0) is 12.1 Å². The van der Waals surface area contributed by atoms with Crippen molar-refractivity contribution >= 4 is 21.8 Å². The summed E-state index contributed by atoms with van der Waals surface area (Å²) in [6, 6.07) is 5.24. The Morgan fingerprint density at radius 3 is 2.81 bits per heavy atom. The third kappa shape index (κ3) is 3.78. The molecule has 2 aromatic rings. The molecule has 0 aromatic carbocycles. The number of nitrogens with zero attached hydrogens (tertiary/aromatic N) is 3. The van der Waals surface area contributed by atoms with Crippen LogP contribution in [0.25, 0.3) is 0 Å². The third-order valence-corrected chi connectivity index (χ3v) is 4.02. The van der Waals surface area contributed by atoms with E-state index < -0.39 is 16.0 Å². The molecular formula is C12H14N4O4S. The first kappa shape index (κ1) is 15.0. The fourth-order valence-corrected chi connectivity index (χ4v) is 2.81. The smallest absolute Gasteiger partial charge is 0.341 e. The second-order valence-corrected chi connectivity index (χ2v) is 6.17. The second kappa shape index (κ2) is 5.92. The normalized spacial score (nSPS) is 11.3. The maximum atomic E-state index is 12.0. The van der Waals surface area contributed by atoms with Crippen molar-refractivity contribution in [1.82, 2.24) is 14.8 Å². The van der Waals surface area contributed by atoms with E-state index in [0.717, 1.165) is 6.20 Å². The van der Waals surface area contributed by atoms with Crippen LogP contribution in [0.4, 0.5) is 5.82 Å². The molecule has 2 rings (SSSR count). The van der Waals surface area contributed by atoms with Crippen LogP contribution >= 0.6 is 0 Å². The number of rotatable bonds is 6. The molecule has 0 saturated carbocycles. The molecule has 112 valence electrons. The molecule has 0 aliphatic heterocycles. The molecule has 0 fully saturated rings. The average molecular weight is 310 g/mol. The largest absolute Gasteiger partial charge is 0.477 e. The van der Waals surface area contributed by atoms with Gasteiger partial charge in [-0.3, -0.25) is 14.4 Å². The molecule has 8 nitrogen and oxygen atoms in total. The molecule has 0 aliphatic carbocycles. The van der Waals surface area contributed by atoms with Gasteiger partial charge in [0.15, 0.2) is 5.82 Å². The summed E-state index contributed by atoms with van der Waals surface area (Å²) in [7, 11) is -2.23. The molecule has 0 amide bonds. The minimum Gasteiger partial charge on any atom is -0.477 e. The number of aryl methyl sites for hydroxylation is 2. The van der Waals surface area contributed by atoms with Crippen LogP contribution in [0.5, 0.6) is 0 Å². The molecule has 0 radical (unpaired) electrons. The maximum absolute atomic E-state index is 12.0. The first-order chi connectivity index (χ1) is 9.89. The van der Waals surface area contributed by atoms with Crippen LogP contribution in [0.3, 0.4) is 0 Å². The number of carboxylic acid groups (broad SMARTS) is 1. The zero-order valence-corrected chi connectivity index (χ0v) is 12.0. The lowest BCUT2D eigenvalue weighted by atomic mass is 10.3. The van der Waals surface area contributed by atoms with Crippen molar-refractivity contribution in [1.29, 1.82) is 0 Å². The van der Waals surface area contributed by atoms with Gasteiger partial charge in [0.2, 0.25) is 10.0 Å². The summed E-state index contributed by atoms with van der Waals surface area (Å²) < 4.78 is 27.5. The SMILES string of the molecule is Cn1ncc(C(=O)O)c1NS(=O)(=O)CCc1ccccn1. The number of hydrogen-bond donors (Lipinski definition) is 2. The van der Waals surface area contributed by atoms with E-state index in [2.05, 4.69) is 14.8 Å². The summed E-state index contributed by atoms with van der Waals surface area (Å²) in [6.07, 6.45) is 2.91. The van der Waals surface area contributed by atoms with Crippen molar-refractivity contribution in [2.45, 2.75) is 6.42 Å². The van der Waals surface area contributed by atoms with E-state index in [-0.39, 0.29) is 23.6 Å². The minimum atomic E-state index is -3.70. The average Bonchev–Trinajstić information content (AvgIpc) is 2.79. The molecule has 2 N–H and O–H groups in total. The lowest BCUT2D eigenvalue weighted by Gasteiger charge is -2.09. The second-order valence-electron chi connectivity index (χ2n) is 4.33. The fourth-order valence-electron chi connectivity index (χ4n) is 1.70. The van der Waals surface area contributed by atoms with Crippen LogP contribution in [0.15, 0.2) is 30.6 Å². The van der Waals surface area contributed by atoms with Crippen molar-refractivity contribution in [2.24, 2.45) is 7.05 Å². The molecule has 0 spiro atoms. The molecule has 0 bridgehead atoms. The van der Waals surface area contributed by atoms with Crippen LogP contribution in [-0.4, -0.2) is 40.0 Å². The third-order valence-electron chi connectivity index (χ3n) is 2.77. The van der Waals surface area contributed by atoms with Gasteiger partial charge >= 0.3 is 5.97 Å². The van der Waals surface area contributed by atoms with Gasteiger partial charge < -0.3 is 5.11 Å². The van der Waals surface area contributed by atoms with E-state index in [1.54, 1.807) is 24.4 Å². The summed E-state index contributed by atoms with van der Waals surface area (Å²) >= 11 is 0. The van der Waals surface area contributed by atoms with E-state index in [4.69, 9.17) is 5.11 Å². The van der Waals surface area contributed by atoms with Gasteiger partial charge in [0, 0.05) is 25.4 Å². The van der Waals surface area contributed by atoms with Crippen LogP contribution in [0, 0.1) is 0 Å². The molecule has 0 unspecified atom stereocenters. The number of nitrogens with one attached hydrogen (secondary N) is 1. The molecule has 21 heavy (non-hydrogen) atoms. The van der Waals surface area contributed by atoms with Crippen LogP contribution < -0.4 is 4.72 Å². The number of carboxylic acids is 1. The van der Waals surface area contributed by atoms with Crippen molar-refractivity contribution in [2.75, 3.05) is 10.5 Å². The fraction of sp³-hybridized carbons (Fsp3) is 0.250. The predicted molar refractivity (Wildman–Crippen MR) is 75.5 cm³/mol. The molecule has 2 aromatic heterocycles. The zero-order chi connectivity index (χ0) is 15.5. The van der Waals surface area contributed by atoms with Crippen LogP contribution in [-0.2, 0) is 23.5 Å². The Hall–Kier alpha value is -2.42. The van der Waals surface area contributed by atoms with Crippen molar-refractivity contribution in [3.8, 4) is 0 Å². The number of aromatic carboxylic acids is 1. The summed E-state index contributed by atoms with van der Waals surface area (Å²) in [6.45, 7) is 0. The first-order valence-electron chi connectivity index (χ1n) is 6.05. The highest BCUT2D eigenvalue weighted by atomic mass is 32.2. The van der Waals surface area contributed by atoms with E-state index >= 15 is 0 Å². The zero-order valence-electron chi connectivity index (χ0n) is 11.2. The van der Waals surface area contributed by atoms with E-state index in [1.807, 2.05) is 0 Å². The molecule has 0 aliphatic rings. The lowest BCUT2D eigenvalue weighted by molar-refractivity contribution is 0.0698. The summed E-state index contributed by atoms with van der Waals surface area (Å²) in [5.41, 5.74) is 0.449. The highest BCUT2D eigenvalue weighted by molar-refractivity contribution is 7.92. The Balaban J connectivity index is 2.11. The quantitative estimate of drug-likeness (QED) is 0.803. The maximum Gasteiger partial charge on any atom is 0.341 e. The first-order valence-corrected chi connectivity index (χ1v) is 7.70. The molecule has 0 atom stereocenters. The van der Waals surface area contributed by atoms with E-state index in [0.29, 0.717) is 5.69 Å². The number of hydrogen-bond acceptors (Lipinski definition) is 5. The lowest BCUT2D eigenvalue weighted by Crippen LogP contribution is -2.21. The Kier molecular flexibility index (Phi) is 4.22. The number of anilines is 1. The Labute approximate surface area is 121 Å². The Morgan fingerprint density at radius 2 is 2.19 bits per heavy atom. The minimum absolute atomic E-state index is 0.0662. The van der Waals surface area contributed by atoms with E-state index in [9.17, 15) is 13.2 Å². The van der Waals surface area contributed by atoms with Gasteiger partial charge in [-0.2, -0.15) is 5.10 Å². The molecule has 0 saturated heterocycles. The number of aromatic nitrogens is 3. The number of carbonyl (C=O) groups is 1. The van der Waals surface area contributed by atoms with E-state index in [1.165, 1.54) is 11.7 Å². The Bertz CT molecular complexity index is 740. The van der Waals surface area contributed by atoms with Gasteiger partial charge in [0.25, 0.3) is 0 Å².